The van der Waals surface area contributed by atoms with Crippen molar-refractivity contribution < 1.29 is 19.4 Å². The smallest absolute Gasteiger partial charge is 0.303 e. The highest BCUT2D eigenvalue weighted by molar-refractivity contribution is 5.70. The zero-order chi connectivity index (χ0) is 25.1. The molecule has 2 aliphatic rings. The number of hydrogen-bond donors (Lipinski definition) is 1. The number of benzene rings is 3. The Bertz CT molecular complexity index is 1220. The second-order valence-electron chi connectivity index (χ2n) is 11.0. The van der Waals surface area contributed by atoms with E-state index in [1.54, 1.807) is 0 Å². The Labute approximate surface area is 214 Å². The Morgan fingerprint density at radius 2 is 1.75 bits per heavy atom. The van der Waals surface area contributed by atoms with Crippen molar-refractivity contribution in [1.29, 1.82) is 0 Å². The van der Waals surface area contributed by atoms with Gasteiger partial charge in [-0.1, -0.05) is 62.7 Å². The molecule has 0 radical (unpaired) electrons. The van der Waals surface area contributed by atoms with Gasteiger partial charge in [-0.3, -0.25) is 4.79 Å². The SMILES string of the molecule is CC1(C)CCC[C@H]1c1cc(COc2cccc(CCC(=O)O)c2)ccc1-c1cccc(OC2CC2)c1. The maximum absolute atomic E-state index is 10.9. The van der Waals surface area contributed by atoms with E-state index >= 15 is 0 Å². The maximum Gasteiger partial charge on any atom is 0.303 e. The van der Waals surface area contributed by atoms with Crippen molar-refractivity contribution in [1.82, 2.24) is 0 Å². The molecule has 3 aromatic carbocycles. The number of carboxylic acid groups (broad SMARTS) is 1. The van der Waals surface area contributed by atoms with Crippen LogP contribution in [-0.4, -0.2) is 17.2 Å². The van der Waals surface area contributed by atoms with Crippen molar-refractivity contribution in [2.75, 3.05) is 0 Å². The van der Waals surface area contributed by atoms with Gasteiger partial charge in [-0.2, -0.15) is 0 Å². The molecule has 0 saturated heterocycles. The van der Waals surface area contributed by atoms with Crippen molar-refractivity contribution in [3.05, 3.63) is 83.4 Å². The first-order valence-corrected chi connectivity index (χ1v) is 13.2. The quantitative estimate of drug-likeness (QED) is 0.319. The third-order valence-electron chi connectivity index (χ3n) is 7.65. The molecule has 2 saturated carbocycles. The molecule has 5 rings (SSSR count). The normalized spacial score (nSPS) is 18.7. The molecule has 2 aliphatic carbocycles. The van der Waals surface area contributed by atoms with E-state index in [1.165, 1.54) is 36.0 Å². The molecule has 0 unspecified atom stereocenters. The van der Waals surface area contributed by atoms with E-state index in [-0.39, 0.29) is 11.8 Å². The number of hydrogen-bond acceptors (Lipinski definition) is 3. The van der Waals surface area contributed by atoms with Gasteiger partial charge < -0.3 is 14.6 Å². The first-order valence-electron chi connectivity index (χ1n) is 13.2. The fourth-order valence-electron chi connectivity index (χ4n) is 5.48. The first-order chi connectivity index (χ1) is 17.4. The number of aliphatic carboxylic acids is 1. The molecule has 1 N–H and O–H groups in total. The maximum atomic E-state index is 10.9. The van der Waals surface area contributed by atoms with Crippen LogP contribution in [0.3, 0.4) is 0 Å². The van der Waals surface area contributed by atoms with E-state index in [2.05, 4.69) is 56.3 Å². The van der Waals surface area contributed by atoms with Gasteiger partial charge in [0, 0.05) is 6.42 Å². The third kappa shape index (κ3) is 5.92. The summed E-state index contributed by atoms with van der Waals surface area (Å²) in [6, 6.07) is 23.1. The van der Waals surface area contributed by atoms with Crippen LogP contribution in [0.4, 0.5) is 0 Å². The first kappa shape index (κ1) is 24.4. The molecule has 0 heterocycles. The Hall–Kier alpha value is -3.27. The Morgan fingerprint density at radius 1 is 0.944 bits per heavy atom. The summed E-state index contributed by atoms with van der Waals surface area (Å²) < 4.78 is 12.2. The monoisotopic (exact) mass is 484 g/mol. The van der Waals surface area contributed by atoms with Crippen molar-refractivity contribution in [3.8, 4) is 22.6 Å². The lowest BCUT2D eigenvalue weighted by molar-refractivity contribution is -0.136. The van der Waals surface area contributed by atoms with Crippen LogP contribution >= 0.6 is 0 Å². The van der Waals surface area contributed by atoms with Crippen LogP contribution in [0, 0.1) is 5.41 Å². The zero-order valence-corrected chi connectivity index (χ0v) is 21.3. The van der Waals surface area contributed by atoms with Gasteiger partial charge in [0.15, 0.2) is 0 Å². The van der Waals surface area contributed by atoms with Crippen molar-refractivity contribution in [2.24, 2.45) is 5.41 Å². The lowest BCUT2D eigenvalue weighted by atomic mass is 9.75. The second kappa shape index (κ2) is 10.4. The standard InChI is InChI=1S/C32H36O4/c1-32(2)17-5-10-30(32)29-19-23(21-35-26-8-3-6-22(18-26)12-16-31(33)34)11-15-28(29)24-7-4-9-27(20-24)36-25-13-14-25/h3-4,6-9,11,15,18-20,25,30H,5,10,12-14,16-17,21H2,1-2H3,(H,33,34)/t30-/m0/s1. The van der Waals surface area contributed by atoms with E-state index < -0.39 is 5.97 Å². The van der Waals surface area contributed by atoms with Crippen LogP contribution < -0.4 is 9.47 Å². The fourth-order valence-corrected chi connectivity index (χ4v) is 5.48. The molecule has 36 heavy (non-hydrogen) atoms. The molecular formula is C32H36O4. The predicted molar refractivity (Wildman–Crippen MR) is 143 cm³/mol. The summed E-state index contributed by atoms with van der Waals surface area (Å²) in [5.74, 6) is 1.45. The number of carboxylic acids is 1. The largest absolute Gasteiger partial charge is 0.490 e. The van der Waals surface area contributed by atoms with Crippen LogP contribution in [-0.2, 0) is 17.8 Å². The van der Waals surface area contributed by atoms with Crippen LogP contribution in [0.5, 0.6) is 11.5 Å². The number of aryl methyl sites for hydroxylation is 1. The van der Waals surface area contributed by atoms with Crippen LogP contribution in [0.15, 0.2) is 66.7 Å². The van der Waals surface area contributed by atoms with Gasteiger partial charge in [0.05, 0.1) is 6.10 Å². The van der Waals surface area contributed by atoms with Crippen LogP contribution in [0.1, 0.15) is 75.0 Å². The van der Waals surface area contributed by atoms with E-state index in [0.717, 1.165) is 35.5 Å². The van der Waals surface area contributed by atoms with Crippen LogP contribution in [0.25, 0.3) is 11.1 Å². The number of carbonyl (C=O) groups is 1. The highest BCUT2D eigenvalue weighted by atomic mass is 16.5. The molecule has 2 fully saturated rings. The average Bonchev–Trinajstić information content (AvgIpc) is 3.61. The molecule has 4 heteroatoms. The topological polar surface area (TPSA) is 55.8 Å². The predicted octanol–water partition coefficient (Wildman–Crippen LogP) is 7.78. The summed E-state index contributed by atoms with van der Waals surface area (Å²) in [5.41, 5.74) is 6.29. The average molecular weight is 485 g/mol. The van der Waals surface area contributed by atoms with Gasteiger partial charge in [0.25, 0.3) is 0 Å². The van der Waals surface area contributed by atoms with Gasteiger partial charge in [0.1, 0.15) is 18.1 Å². The lowest BCUT2D eigenvalue weighted by Gasteiger charge is -2.30. The second-order valence-corrected chi connectivity index (χ2v) is 11.0. The Kier molecular flexibility index (Phi) is 7.04. The zero-order valence-electron chi connectivity index (χ0n) is 21.3. The summed E-state index contributed by atoms with van der Waals surface area (Å²) >= 11 is 0. The van der Waals surface area contributed by atoms with Gasteiger partial charge in [-0.05, 0) is 95.5 Å². The summed E-state index contributed by atoms with van der Waals surface area (Å²) in [4.78, 5) is 10.9. The summed E-state index contributed by atoms with van der Waals surface area (Å²) in [7, 11) is 0. The fraction of sp³-hybridized carbons (Fsp3) is 0.406. The third-order valence-corrected chi connectivity index (χ3v) is 7.65. The molecule has 0 aliphatic heterocycles. The Balaban J connectivity index is 1.40. The summed E-state index contributed by atoms with van der Waals surface area (Å²) in [6.07, 6.45) is 7.03. The lowest BCUT2D eigenvalue weighted by Crippen LogP contribution is -2.16. The van der Waals surface area contributed by atoms with E-state index in [9.17, 15) is 4.79 Å². The molecule has 188 valence electrons. The van der Waals surface area contributed by atoms with Gasteiger partial charge >= 0.3 is 5.97 Å². The van der Waals surface area contributed by atoms with E-state index in [0.29, 0.717) is 25.0 Å². The molecule has 1 atom stereocenters. The molecule has 4 nitrogen and oxygen atoms in total. The highest BCUT2D eigenvalue weighted by Crippen LogP contribution is 2.51. The number of ether oxygens (including phenoxy) is 2. The Morgan fingerprint density at radius 3 is 2.50 bits per heavy atom. The van der Waals surface area contributed by atoms with Crippen molar-refractivity contribution in [3.63, 3.8) is 0 Å². The van der Waals surface area contributed by atoms with Gasteiger partial charge in [0.2, 0.25) is 0 Å². The molecule has 3 aromatic rings. The van der Waals surface area contributed by atoms with Gasteiger partial charge in [-0.25, -0.2) is 0 Å². The summed E-state index contributed by atoms with van der Waals surface area (Å²) in [6.45, 7) is 5.27. The minimum atomic E-state index is -0.784. The summed E-state index contributed by atoms with van der Waals surface area (Å²) in [5, 5.41) is 8.97. The number of rotatable bonds is 10. The molecular weight excluding hydrogens is 448 g/mol. The van der Waals surface area contributed by atoms with Gasteiger partial charge in [-0.15, -0.1) is 0 Å². The van der Waals surface area contributed by atoms with Crippen LogP contribution in [0.2, 0.25) is 0 Å². The highest BCUT2D eigenvalue weighted by Gasteiger charge is 2.37. The van der Waals surface area contributed by atoms with E-state index in [4.69, 9.17) is 14.6 Å². The molecule has 0 amide bonds. The minimum Gasteiger partial charge on any atom is -0.490 e. The minimum absolute atomic E-state index is 0.123. The van der Waals surface area contributed by atoms with Crippen molar-refractivity contribution in [2.45, 2.75) is 77.4 Å². The molecule has 0 aromatic heterocycles. The molecule has 0 bridgehead atoms. The molecule has 0 spiro atoms. The van der Waals surface area contributed by atoms with E-state index in [1.807, 2.05) is 24.3 Å². The van der Waals surface area contributed by atoms with Crippen molar-refractivity contribution >= 4 is 5.97 Å².